The summed E-state index contributed by atoms with van der Waals surface area (Å²) >= 11 is 0. The fraction of sp³-hybridized carbons (Fsp3) is 0.722. The van der Waals surface area contributed by atoms with Crippen molar-refractivity contribution in [1.29, 1.82) is 0 Å². The summed E-state index contributed by atoms with van der Waals surface area (Å²) in [5.74, 6) is -0.688. The fourth-order valence-electron chi connectivity index (χ4n) is 1.18. The van der Waals surface area contributed by atoms with Crippen molar-refractivity contribution in [3.8, 4) is 0 Å². The second-order valence-corrected chi connectivity index (χ2v) is 6.30. The summed E-state index contributed by atoms with van der Waals surface area (Å²) in [4.78, 5) is 32.8. The summed E-state index contributed by atoms with van der Waals surface area (Å²) < 4.78 is 9.77. The Bertz CT molecular complexity index is 429. The molecule has 0 rings (SSSR count). The van der Waals surface area contributed by atoms with Crippen molar-refractivity contribution in [2.24, 2.45) is 5.41 Å². The zero-order chi connectivity index (χ0) is 19.3. The van der Waals surface area contributed by atoms with E-state index in [0.29, 0.717) is 18.0 Å². The Labute approximate surface area is 146 Å². The first kappa shape index (κ1) is 24.4. The molecule has 0 heterocycles. The summed E-state index contributed by atoms with van der Waals surface area (Å²) in [5, 5.41) is 2.75. The smallest absolute Gasteiger partial charge is 0.333 e. The van der Waals surface area contributed by atoms with Crippen LogP contribution in [-0.4, -0.2) is 37.1 Å². The van der Waals surface area contributed by atoms with E-state index in [1.165, 1.54) is 6.92 Å². The minimum Gasteiger partial charge on any atom is -0.462 e. The number of hydrogen-bond donors (Lipinski definition) is 1. The lowest BCUT2D eigenvalue weighted by atomic mass is 9.91. The number of amides is 1. The van der Waals surface area contributed by atoms with Gasteiger partial charge in [-0.05, 0) is 40.5 Å². The van der Waals surface area contributed by atoms with E-state index in [-0.39, 0.29) is 25.1 Å². The van der Waals surface area contributed by atoms with E-state index in [0.717, 1.165) is 6.42 Å². The van der Waals surface area contributed by atoms with Crippen LogP contribution in [0.15, 0.2) is 12.2 Å². The van der Waals surface area contributed by atoms with Crippen LogP contribution in [0, 0.1) is 5.41 Å². The second kappa shape index (κ2) is 12.6. The van der Waals surface area contributed by atoms with E-state index >= 15 is 0 Å². The van der Waals surface area contributed by atoms with Crippen LogP contribution >= 0.6 is 0 Å². The highest BCUT2D eigenvalue weighted by Gasteiger charge is 2.26. The third-order valence-corrected chi connectivity index (χ3v) is 3.40. The van der Waals surface area contributed by atoms with Gasteiger partial charge in [-0.15, -0.1) is 0 Å². The van der Waals surface area contributed by atoms with Crippen molar-refractivity contribution >= 4 is 17.8 Å². The molecule has 0 aromatic carbocycles. The van der Waals surface area contributed by atoms with Crippen LogP contribution in [0.1, 0.15) is 61.3 Å². The van der Waals surface area contributed by atoms with Gasteiger partial charge in [-0.25, -0.2) is 4.79 Å². The molecule has 1 amide bonds. The van der Waals surface area contributed by atoms with Gasteiger partial charge in [0, 0.05) is 18.5 Å². The Kier molecular flexibility index (Phi) is 12.8. The fourth-order valence-corrected chi connectivity index (χ4v) is 1.18. The van der Waals surface area contributed by atoms with Crippen LogP contribution in [-0.2, 0) is 23.9 Å². The van der Waals surface area contributed by atoms with Gasteiger partial charge in [0.05, 0.1) is 5.41 Å². The molecule has 140 valence electrons. The number of carbonyl (C=O) groups excluding carboxylic acids is 3. The highest BCUT2D eigenvalue weighted by Crippen LogP contribution is 2.21. The molecule has 0 saturated carbocycles. The normalized spacial score (nSPS) is 11.5. The van der Waals surface area contributed by atoms with E-state index in [2.05, 4.69) is 11.9 Å². The number of hydrogen-bond acceptors (Lipinski definition) is 5. The highest BCUT2D eigenvalue weighted by atomic mass is 16.6. The molecule has 0 aromatic heterocycles. The average Bonchev–Trinajstić information content (AvgIpc) is 2.50. The van der Waals surface area contributed by atoms with Crippen molar-refractivity contribution in [2.45, 2.75) is 67.3 Å². The quantitative estimate of drug-likeness (QED) is 0.416. The predicted molar refractivity (Wildman–Crippen MR) is 94.4 cm³/mol. The summed E-state index contributed by atoms with van der Waals surface area (Å²) in [7, 11) is 0. The second-order valence-electron chi connectivity index (χ2n) is 6.30. The maximum atomic E-state index is 11.5. The SMILES string of the molecule is C=C(C)C(=O)OCCOC(=O)C(C)(C)CC.CCC(C)NC(C)=O. The van der Waals surface area contributed by atoms with Crippen molar-refractivity contribution in [2.75, 3.05) is 13.2 Å². The number of carbonyl (C=O) groups is 3. The van der Waals surface area contributed by atoms with Gasteiger partial charge in [0.1, 0.15) is 13.2 Å². The van der Waals surface area contributed by atoms with Crippen LogP contribution in [0.25, 0.3) is 0 Å². The Morgan fingerprint density at radius 3 is 1.92 bits per heavy atom. The first-order valence-corrected chi connectivity index (χ1v) is 8.24. The van der Waals surface area contributed by atoms with Crippen molar-refractivity contribution in [3.63, 3.8) is 0 Å². The summed E-state index contributed by atoms with van der Waals surface area (Å²) in [6.45, 7) is 16.3. The average molecular weight is 343 g/mol. The summed E-state index contributed by atoms with van der Waals surface area (Å²) in [5.41, 5.74) is -0.154. The standard InChI is InChI=1S/C12H20O4.C6H13NO/c1-6-12(4,5)11(14)16-8-7-15-10(13)9(2)3;1-4-5(2)7-6(3)8/h2,6-8H2,1,3-5H3;5H,4H2,1-3H3,(H,7,8). The first-order valence-electron chi connectivity index (χ1n) is 8.24. The van der Waals surface area contributed by atoms with Gasteiger partial charge >= 0.3 is 11.9 Å². The molecule has 0 saturated heterocycles. The van der Waals surface area contributed by atoms with E-state index in [1.54, 1.807) is 6.92 Å². The molecule has 6 heteroatoms. The maximum absolute atomic E-state index is 11.5. The highest BCUT2D eigenvalue weighted by molar-refractivity contribution is 5.86. The topological polar surface area (TPSA) is 81.7 Å². The molecule has 0 spiro atoms. The molecule has 0 bridgehead atoms. The molecule has 0 fully saturated rings. The van der Waals surface area contributed by atoms with Gasteiger partial charge < -0.3 is 14.8 Å². The van der Waals surface area contributed by atoms with Crippen LogP contribution in [0.5, 0.6) is 0 Å². The minimum atomic E-state index is -0.488. The van der Waals surface area contributed by atoms with Gasteiger partial charge in [0.2, 0.25) is 5.91 Å². The Hall–Kier alpha value is -1.85. The molecule has 1 unspecified atom stereocenters. The number of esters is 2. The third-order valence-electron chi connectivity index (χ3n) is 3.40. The van der Waals surface area contributed by atoms with Gasteiger partial charge in [0.25, 0.3) is 0 Å². The summed E-state index contributed by atoms with van der Waals surface area (Å²) in [6, 6.07) is 0.326. The largest absolute Gasteiger partial charge is 0.462 e. The van der Waals surface area contributed by atoms with Crippen LogP contribution in [0.3, 0.4) is 0 Å². The Balaban J connectivity index is 0. The zero-order valence-electron chi connectivity index (χ0n) is 16.2. The monoisotopic (exact) mass is 343 g/mol. The van der Waals surface area contributed by atoms with Gasteiger partial charge in [-0.1, -0.05) is 20.4 Å². The van der Waals surface area contributed by atoms with Crippen LogP contribution < -0.4 is 5.32 Å². The molecule has 24 heavy (non-hydrogen) atoms. The molecule has 0 aliphatic rings. The van der Waals surface area contributed by atoms with Crippen LogP contribution in [0.2, 0.25) is 0 Å². The van der Waals surface area contributed by atoms with Crippen LogP contribution in [0.4, 0.5) is 0 Å². The molecule has 0 radical (unpaired) electrons. The molecule has 0 aliphatic carbocycles. The summed E-state index contributed by atoms with van der Waals surface area (Å²) in [6.07, 6.45) is 1.71. The maximum Gasteiger partial charge on any atom is 0.333 e. The van der Waals surface area contributed by atoms with Gasteiger partial charge in [0.15, 0.2) is 0 Å². The van der Waals surface area contributed by atoms with Crippen molar-refractivity contribution in [3.05, 3.63) is 12.2 Å². The van der Waals surface area contributed by atoms with E-state index in [9.17, 15) is 14.4 Å². The lowest BCUT2D eigenvalue weighted by Crippen LogP contribution is -2.29. The molecule has 6 nitrogen and oxygen atoms in total. The number of rotatable bonds is 8. The molecule has 1 atom stereocenters. The molecular weight excluding hydrogens is 310 g/mol. The lowest BCUT2D eigenvalue weighted by Gasteiger charge is -2.20. The van der Waals surface area contributed by atoms with E-state index in [4.69, 9.17) is 9.47 Å². The molecule has 1 N–H and O–H groups in total. The third kappa shape index (κ3) is 12.7. The number of nitrogens with one attached hydrogen (secondary N) is 1. The van der Waals surface area contributed by atoms with E-state index in [1.807, 2.05) is 34.6 Å². The Morgan fingerprint density at radius 2 is 1.58 bits per heavy atom. The van der Waals surface area contributed by atoms with Gasteiger partial charge in [-0.2, -0.15) is 0 Å². The van der Waals surface area contributed by atoms with Gasteiger partial charge in [-0.3, -0.25) is 9.59 Å². The lowest BCUT2D eigenvalue weighted by molar-refractivity contribution is -0.158. The zero-order valence-corrected chi connectivity index (χ0v) is 16.2. The Morgan fingerprint density at radius 1 is 1.08 bits per heavy atom. The first-order chi connectivity index (χ1) is 11.0. The predicted octanol–water partition coefficient (Wildman–Crippen LogP) is 3.01. The van der Waals surface area contributed by atoms with Crippen molar-refractivity contribution in [1.82, 2.24) is 5.32 Å². The minimum absolute atomic E-state index is 0.0550. The molecular formula is C18H33NO5. The molecule has 0 aromatic rings. The molecule has 0 aliphatic heterocycles. The van der Waals surface area contributed by atoms with Crippen molar-refractivity contribution < 1.29 is 23.9 Å². The number of ether oxygens (including phenoxy) is 2. The van der Waals surface area contributed by atoms with E-state index < -0.39 is 11.4 Å².